The monoisotopic (exact) mass is 253 g/mol. The lowest BCUT2D eigenvalue weighted by atomic mass is 10.2. The van der Waals surface area contributed by atoms with Crippen molar-refractivity contribution in [1.82, 2.24) is 14.7 Å². The van der Waals surface area contributed by atoms with Crippen molar-refractivity contribution in [1.29, 1.82) is 0 Å². The van der Waals surface area contributed by atoms with Crippen LogP contribution < -0.4 is 11.5 Å². The third-order valence-electron chi connectivity index (χ3n) is 2.59. The molecule has 0 aliphatic carbocycles. The fourth-order valence-corrected chi connectivity index (χ4v) is 1.66. The minimum absolute atomic E-state index is 0.108. The summed E-state index contributed by atoms with van der Waals surface area (Å²) in [6.45, 7) is 2.37. The Kier molecular flexibility index (Phi) is 4.70. The number of carbonyl (C=O) groups is 2. The lowest BCUT2D eigenvalue weighted by Crippen LogP contribution is -2.40. The fourth-order valence-electron chi connectivity index (χ4n) is 1.66. The highest BCUT2D eigenvalue weighted by molar-refractivity contribution is 5.99. The Morgan fingerprint density at radius 1 is 1.50 bits per heavy atom. The number of amides is 2. The van der Waals surface area contributed by atoms with Gasteiger partial charge in [-0.25, -0.2) is 0 Å². The van der Waals surface area contributed by atoms with Gasteiger partial charge in [0.1, 0.15) is 5.69 Å². The molecule has 0 aliphatic rings. The number of hydrogen-bond donors (Lipinski definition) is 2. The van der Waals surface area contributed by atoms with Crippen molar-refractivity contribution in [2.75, 3.05) is 18.8 Å². The fraction of sp³-hybridized carbons (Fsp3) is 0.545. The van der Waals surface area contributed by atoms with Gasteiger partial charge in [-0.2, -0.15) is 5.10 Å². The van der Waals surface area contributed by atoms with Crippen molar-refractivity contribution in [3.63, 3.8) is 0 Å². The third kappa shape index (κ3) is 3.22. The normalized spacial score (nSPS) is 10.3. The summed E-state index contributed by atoms with van der Waals surface area (Å²) < 4.78 is 1.40. The number of hydrogen-bond acceptors (Lipinski definition) is 4. The van der Waals surface area contributed by atoms with E-state index >= 15 is 0 Å². The van der Waals surface area contributed by atoms with Crippen LogP contribution in [-0.2, 0) is 11.8 Å². The molecule has 1 aromatic heterocycles. The van der Waals surface area contributed by atoms with Gasteiger partial charge in [0.15, 0.2) is 0 Å². The van der Waals surface area contributed by atoms with E-state index in [-0.39, 0.29) is 18.1 Å². The van der Waals surface area contributed by atoms with Crippen LogP contribution in [0.15, 0.2) is 6.20 Å². The van der Waals surface area contributed by atoms with E-state index < -0.39 is 5.91 Å². The molecule has 0 fully saturated rings. The quantitative estimate of drug-likeness (QED) is 0.727. The van der Waals surface area contributed by atoms with Gasteiger partial charge in [0.2, 0.25) is 5.91 Å². The second-order valence-electron chi connectivity index (χ2n) is 4.12. The van der Waals surface area contributed by atoms with Gasteiger partial charge < -0.3 is 16.4 Å². The number of unbranched alkanes of at least 4 members (excludes halogenated alkanes) is 1. The van der Waals surface area contributed by atoms with E-state index in [1.54, 1.807) is 7.05 Å². The number of anilines is 1. The Bertz CT molecular complexity index is 421. The van der Waals surface area contributed by atoms with Gasteiger partial charge in [-0.05, 0) is 6.42 Å². The molecule has 2 amide bonds. The predicted molar refractivity (Wildman–Crippen MR) is 67.6 cm³/mol. The molecule has 1 rings (SSSR count). The molecule has 100 valence electrons. The standard InChI is InChI=1S/C11H19N5O2/c1-3-4-5-16(7-9(13)17)11(18)10-8(12)6-14-15(10)2/h6H,3-5,7,12H2,1-2H3,(H2,13,17). The van der Waals surface area contributed by atoms with Crippen LogP contribution in [0.4, 0.5) is 5.69 Å². The van der Waals surface area contributed by atoms with E-state index in [0.717, 1.165) is 12.8 Å². The molecule has 7 heteroatoms. The average molecular weight is 253 g/mol. The highest BCUT2D eigenvalue weighted by atomic mass is 16.2. The molecule has 1 heterocycles. The van der Waals surface area contributed by atoms with E-state index in [1.807, 2.05) is 6.92 Å². The van der Waals surface area contributed by atoms with Crippen LogP contribution in [0.2, 0.25) is 0 Å². The summed E-state index contributed by atoms with van der Waals surface area (Å²) in [5.41, 5.74) is 11.4. The summed E-state index contributed by atoms with van der Waals surface area (Å²) in [5.74, 6) is -0.861. The number of nitrogens with two attached hydrogens (primary N) is 2. The smallest absolute Gasteiger partial charge is 0.274 e. The first kappa shape index (κ1) is 14.0. The molecule has 0 unspecified atom stereocenters. The first-order valence-corrected chi connectivity index (χ1v) is 5.82. The zero-order valence-electron chi connectivity index (χ0n) is 10.7. The van der Waals surface area contributed by atoms with E-state index in [4.69, 9.17) is 11.5 Å². The highest BCUT2D eigenvalue weighted by Gasteiger charge is 2.22. The molecule has 0 bridgehead atoms. The first-order chi connectivity index (χ1) is 8.47. The van der Waals surface area contributed by atoms with Gasteiger partial charge >= 0.3 is 0 Å². The Labute approximate surface area is 106 Å². The van der Waals surface area contributed by atoms with Crippen molar-refractivity contribution in [3.8, 4) is 0 Å². The van der Waals surface area contributed by atoms with Gasteiger partial charge in [-0.3, -0.25) is 14.3 Å². The number of primary amides is 1. The summed E-state index contributed by atoms with van der Waals surface area (Å²) in [6, 6.07) is 0. The summed E-state index contributed by atoms with van der Waals surface area (Å²) in [5, 5.41) is 3.91. The molecule has 0 spiro atoms. The SMILES string of the molecule is CCCCN(CC(N)=O)C(=O)c1c(N)cnn1C. The zero-order chi connectivity index (χ0) is 13.7. The Morgan fingerprint density at radius 3 is 2.61 bits per heavy atom. The van der Waals surface area contributed by atoms with Gasteiger partial charge in [-0.1, -0.05) is 13.3 Å². The predicted octanol–water partition coefficient (Wildman–Crippen LogP) is -0.270. The topological polar surface area (TPSA) is 107 Å². The number of nitrogen functional groups attached to an aromatic ring is 1. The van der Waals surface area contributed by atoms with Crippen molar-refractivity contribution < 1.29 is 9.59 Å². The van der Waals surface area contributed by atoms with Gasteiger partial charge in [-0.15, -0.1) is 0 Å². The Hall–Kier alpha value is -2.05. The van der Waals surface area contributed by atoms with Crippen molar-refractivity contribution >= 4 is 17.5 Å². The molecule has 18 heavy (non-hydrogen) atoms. The van der Waals surface area contributed by atoms with E-state index in [0.29, 0.717) is 12.2 Å². The summed E-state index contributed by atoms with van der Waals surface area (Å²) in [4.78, 5) is 24.7. The largest absolute Gasteiger partial charge is 0.396 e. The number of aromatic nitrogens is 2. The van der Waals surface area contributed by atoms with Crippen LogP contribution in [-0.4, -0.2) is 39.6 Å². The molecule has 4 N–H and O–H groups in total. The van der Waals surface area contributed by atoms with Crippen LogP contribution in [0.1, 0.15) is 30.3 Å². The second-order valence-corrected chi connectivity index (χ2v) is 4.12. The van der Waals surface area contributed by atoms with E-state index in [1.165, 1.54) is 15.8 Å². The van der Waals surface area contributed by atoms with E-state index in [2.05, 4.69) is 5.10 Å². The Morgan fingerprint density at radius 2 is 2.17 bits per heavy atom. The molecule has 0 atom stereocenters. The molecule has 0 aromatic carbocycles. The van der Waals surface area contributed by atoms with Crippen LogP contribution in [0.3, 0.4) is 0 Å². The van der Waals surface area contributed by atoms with Crippen molar-refractivity contribution in [2.24, 2.45) is 12.8 Å². The average Bonchev–Trinajstić information content (AvgIpc) is 2.63. The second kappa shape index (κ2) is 6.04. The molecule has 0 saturated heterocycles. The minimum atomic E-state index is -0.541. The zero-order valence-corrected chi connectivity index (χ0v) is 10.7. The molecule has 0 radical (unpaired) electrons. The maximum atomic E-state index is 12.3. The molecular weight excluding hydrogens is 234 g/mol. The minimum Gasteiger partial charge on any atom is -0.396 e. The summed E-state index contributed by atoms with van der Waals surface area (Å²) in [6.07, 6.45) is 3.13. The lowest BCUT2D eigenvalue weighted by molar-refractivity contribution is -0.118. The molecule has 0 aliphatic heterocycles. The van der Waals surface area contributed by atoms with Crippen LogP contribution in [0.5, 0.6) is 0 Å². The maximum absolute atomic E-state index is 12.3. The van der Waals surface area contributed by atoms with E-state index in [9.17, 15) is 9.59 Å². The van der Waals surface area contributed by atoms with Crippen LogP contribution in [0, 0.1) is 0 Å². The number of nitrogens with zero attached hydrogens (tertiary/aromatic N) is 3. The molecule has 0 saturated carbocycles. The van der Waals surface area contributed by atoms with Crippen molar-refractivity contribution in [3.05, 3.63) is 11.9 Å². The summed E-state index contributed by atoms with van der Waals surface area (Å²) in [7, 11) is 1.63. The number of aryl methyl sites for hydroxylation is 1. The van der Waals surface area contributed by atoms with Crippen LogP contribution >= 0.6 is 0 Å². The van der Waals surface area contributed by atoms with Crippen LogP contribution in [0.25, 0.3) is 0 Å². The molecule has 1 aromatic rings. The highest BCUT2D eigenvalue weighted by Crippen LogP contribution is 2.13. The van der Waals surface area contributed by atoms with Gasteiger partial charge in [0, 0.05) is 13.6 Å². The molecular formula is C11H19N5O2. The van der Waals surface area contributed by atoms with Gasteiger partial charge in [0.25, 0.3) is 5.91 Å². The first-order valence-electron chi connectivity index (χ1n) is 5.82. The third-order valence-corrected chi connectivity index (χ3v) is 2.59. The lowest BCUT2D eigenvalue weighted by Gasteiger charge is -2.21. The summed E-state index contributed by atoms with van der Waals surface area (Å²) >= 11 is 0. The number of rotatable bonds is 6. The van der Waals surface area contributed by atoms with Crippen molar-refractivity contribution in [2.45, 2.75) is 19.8 Å². The molecule has 7 nitrogen and oxygen atoms in total. The maximum Gasteiger partial charge on any atom is 0.274 e. The Balaban J connectivity index is 2.91. The van der Waals surface area contributed by atoms with Gasteiger partial charge in [0.05, 0.1) is 18.4 Å². The number of carbonyl (C=O) groups excluding carboxylic acids is 2.